The first kappa shape index (κ1) is 12.7. The number of benzene rings is 1. The number of ether oxygens (including phenoxy) is 1. The van der Waals surface area contributed by atoms with Gasteiger partial charge in [-0.1, -0.05) is 18.2 Å². The van der Waals surface area contributed by atoms with E-state index < -0.39 is 0 Å². The topological polar surface area (TPSA) is 90.3 Å². The highest BCUT2D eigenvalue weighted by Crippen LogP contribution is 2.33. The summed E-state index contributed by atoms with van der Waals surface area (Å²) in [5, 5.41) is 0. The summed E-state index contributed by atoms with van der Waals surface area (Å²) >= 11 is 0. The molecule has 0 atom stereocenters. The Morgan fingerprint density at radius 2 is 1.80 bits per heavy atom. The molecule has 0 bridgehead atoms. The summed E-state index contributed by atoms with van der Waals surface area (Å²) in [6.45, 7) is 3.21. The first-order chi connectivity index (χ1) is 9.75. The van der Waals surface area contributed by atoms with Gasteiger partial charge in [0.05, 0.1) is 13.2 Å². The van der Waals surface area contributed by atoms with E-state index in [2.05, 4.69) is 20.9 Å². The number of hydrogen-bond acceptors (Lipinski definition) is 6. The van der Waals surface area contributed by atoms with Crippen LogP contribution in [0.1, 0.15) is 0 Å². The predicted molar refractivity (Wildman–Crippen MR) is 79.3 cm³/mol. The normalized spacial score (nSPS) is 15.3. The number of aromatic nitrogens is 2. The van der Waals surface area contributed by atoms with Crippen LogP contribution in [0.2, 0.25) is 0 Å². The van der Waals surface area contributed by atoms with Gasteiger partial charge in [0, 0.05) is 36.1 Å². The molecule has 0 aliphatic carbocycles. The molecule has 4 N–H and O–H groups in total. The van der Waals surface area contributed by atoms with Crippen LogP contribution in [0.5, 0.6) is 0 Å². The van der Waals surface area contributed by atoms with Crippen LogP contribution in [0.15, 0.2) is 30.5 Å². The lowest BCUT2D eigenvalue weighted by Crippen LogP contribution is -2.36. The van der Waals surface area contributed by atoms with E-state index in [-0.39, 0.29) is 5.95 Å². The van der Waals surface area contributed by atoms with Gasteiger partial charge in [0.2, 0.25) is 5.95 Å². The number of para-hydroxylation sites is 1. The summed E-state index contributed by atoms with van der Waals surface area (Å²) < 4.78 is 5.40. The van der Waals surface area contributed by atoms with E-state index in [1.165, 1.54) is 0 Å². The quantitative estimate of drug-likeness (QED) is 0.851. The Morgan fingerprint density at radius 1 is 1.05 bits per heavy atom. The van der Waals surface area contributed by atoms with Crippen molar-refractivity contribution in [2.24, 2.45) is 0 Å². The van der Waals surface area contributed by atoms with Crippen LogP contribution in [0.25, 0.3) is 11.1 Å². The average molecular weight is 271 g/mol. The Bertz CT molecular complexity index is 610. The van der Waals surface area contributed by atoms with Gasteiger partial charge >= 0.3 is 0 Å². The van der Waals surface area contributed by atoms with Crippen molar-refractivity contribution in [2.75, 3.05) is 42.7 Å². The van der Waals surface area contributed by atoms with Crippen molar-refractivity contribution < 1.29 is 4.74 Å². The van der Waals surface area contributed by atoms with Crippen LogP contribution in [0.4, 0.5) is 17.5 Å². The Morgan fingerprint density at radius 3 is 2.55 bits per heavy atom. The van der Waals surface area contributed by atoms with Crippen LogP contribution in [-0.4, -0.2) is 36.3 Å². The molecule has 0 unspecified atom stereocenters. The minimum absolute atomic E-state index is 0.190. The molecule has 0 amide bonds. The Hall–Kier alpha value is -2.34. The molecular formula is C14H17N5O. The fourth-order valence-electron chi connectivity index (χ4n) is 2.40. The summed E-state index contributed by atoms with van der Waals surface area (Å²) in [5.41, 5.74) is 14.5. The van der Waals surface area contributed by atoms with Gasteiger partial charge in [-0.25, -0.2) is 4.98 Å². The van der Waals surface area contributed by atoms with E-state index in [1.807, 2.05) is 18.2 Å². The van der Waals surface area contributed by atoms with Crippen molar-refractivity contribution in [2.45, 2.75) is 0 Å². The molecule has 2 aromatic rings. The largest absolute Gasteiger partial charge is 0.383 e. The molecule has 0 radical (unpaired) electrons. The SMILES string of the molecule is Nc1ncc(-c2ccccc2N2CCOCC2)c(N)n1. The number of nitrogens with two attached hydrogens (primary N) is 2. The third kappa shape index (κ3) is 2.37. The monoisotopic (exact) mass is 271 g/mol. The van der Waals surface area contributed by atoms with Crippen molar-refractivity contribution in [1.82, 2.24) is 9.97 Å². The zero-order chi connectivity index (χ0) is 13.9. The second-order valence-electron chi connectivity index (χ2n) is 4.64. The van der Waals surface area contributed by atoms with Crippen LogP contribution >= 0.6 is 0 Å². The maximum absolute atomic E-state index is 5.98. The van der Waals surface area contributed by atoms with Crippen molar-refractivity contribution in [3.63, 3.8) is 0 Å². The summed E-state index contributed by atoms with van der Waals surface area (Å²) in [6.07, 6.45) is 1.68. The van der Waals surface area contributed by atoms with Gasteiger partial charge in [-0.3, -0.25) is 0 Å². The minimum atomic E-state index is 0.190. The average Bonchev–Trinajstić information content (AvgIpc) is 2.48. The van der Waals surface area contributed by atoms with Gasteiger partial charge in [-0.2, -0.15) is 4.98 Å². The Kier molecular flexibility index (Phi) is 3.39. The van der Waals surface area contributed by atoms with Crippen molar-refractivity contribution in [1.29, 1.82) is 0 Å². The molecule has 1 aromatic carbocycles. The van der Waals surface area contributed by atoms with Crippen LogP contribution < -0.4 is 16.4 Å². The van der Waals surface area contributed by atoms with E-state index in [9.17, 15) is 0 Å². The lowest BCUT2D eigenvalue weighted by Gasteiger charge is -2.30. The Labute approximate surface area is 117 Å². The fourth-order valence-corrected chi connectivity index (χ4v) is 2.40. The first-order valence-electron chi connectivity index (χ1n) is 6.56. The van der Waals surface area contributed by atoms with Crippen molar-refractivity contribution >= 4 is 17.5 Å². The highest BCUT2D eigenvalue weighted by molar-refractivity contribution is 5.84. The highest BCUT2D eigenvalue weighted by atomic mass is 16.5. The summed E-state index contributed by atoms with van der Waals surface area (Å²) in [4.78, 5) is 10.4. The molecule has 104 valence electrons. The molecule has 3 rings (SSSR count). The van der Waals surface area contributed by atoms with Crippen molar-refractivity contribution in [3.05, 3.63) is 30.5 Å². The summed E-state index contributed by atoms with van der Waals surface area (Å²) in [7, 11) is 0. The third-order valence-corrected chi connectivity index (χ3v) is 3.38. The number of anilines is 3. The Balaban J connectivity index is 2.04. The maximum atomic E-state index is 5.98. The van der Waals surface area contributed by atoms with Gasteiger partial charge in [-0.15, -0.1) is 0 Å². The second kappa shape index (κ2) is 5.34. The number of hydrogen-bond donors (Lipinski definition) is 2. The number of rotatable bonds is 2. The van der Waals surface area contributed by atoms with E-state index in [0.717, 1.165) is 43.1 Å². The van der Waals surface area contributed by atoms with E-state index >= 15 is 0 Å². The first-order valence-corrected chi connectivity index (χ1v) is 6.56. The molecule has 1 fully saturated rings. The summed E-state index contributed by atoms with van der Waals surface area (Å²) in [6, 6.07) is 8.10. The van der Waals surface area contributed by atoms with Gasteiger partial charge in [-0.05, 0) is 6.07 Å². The van der Waals surface area contributed by atoms with Crippen molar-refractivity contribution in [3.8, 4) is 11.1 Å². The molecule has 1 aliphatic heterocycles. The molecule has 0 saturated carbocycles. The number of morpholine rings is 1. The summed E-state index contributed by atoms with van der Waals surface area (Å²) in [5.74, 6) is 0.591. The van der Waals surface area contributed by atoms with Gasteiger partial charge in [0.25, 0.3) is 0 Å². The molecule has 1 aromatic heterocycles. The van der Waals surface area contributed by atoms with Gasteiger partial charge < -0.3 is 21.1 Å². The lowest BCUT2D eigenvalue weighted by molar-refractivity contribution is 0.123. The van der Waals surface area contributed by atoms with Crippen LogP contribution in [0.3, 0.4) is 0 Å². The highest BCUT2D eigenvalue weighted by Gasteiger charge is 2.17. The van der Waals surface area contributed by atoms with Gasteiger partial charge in [0.1, 0.15) is 5.82 Å². The van der Waals surface area contributed by atoms with Gasteiger partial charge in [0.15, 0.2) is 0 Å². The zero-order valence-corrected chi connectivity index (χ0v) is 11.1. The lowest BCUT2D eigenvalue weighted by atomic mass is 10.0. The van der Waals surface area contributed by atoms with Crippen LogP contribution in [-0.2, 0) is 4.74 Å². The minimum Gasteiger partial charge on any atom is -0.383 e. The standard InChI is InChI=1S/C14H17N5O/c15-13-11(9-17-14(16)18-13)10-3-1-2-4-12(10)19-5-7-20-8-6-19/h1-4,9H,5-8H2,(H4,15,16,17,18). The predicted octanol–water partition coefficient (Wildman–Crippen LogP) is 1.14. The molecule has 6 heteroatoms. The third-order valence-electron chi connectivity index (χ3n) is 3.38. The number of nitrogen functional groups attached to an aromatic ring is 2. The fraction of sp³-hybridized carbons (Fsp3) is 0.286. The second-order valence-corrected chi connectivity index (χ2v) is 4.64. The van der Waals surface area contributed by atoms with E-state index in [4.69, 9.17) is 16.2 Å². The molecule has 6 nitrogen and oxygen atoms in total. The number of nitrogens with zero attached hydrogens (tertiary/aromatic N) is 3. The molecular weight excluding hydrogens is 254 g/mol. The smallest absolute Gasteiger partial charge is 0.221 e. The van der Waals surface area contributed by atoms with E-state index in [1.54, 1.807) is 6.20 Å². The molecule has 0 spiro atoms. The molecule has 20 heavy (non-hydrogen) atoms. The van der Waals surface area contributed by atoms with Crippen LogP contribution in [0, 0.1) is 0 Å². The molecule has 1 aliphatic rings. The molecule has 2 heterocycles. The maximum Gasteiger partial charge on any atom is 0.221 e. The zero-order valence-electron chi connectivity index (χ0n) is 11.1. The van der Waals surface area contributed by atoms with E-state index in [0.29, 0.717) is 5.82 Å². The molecule has 1 saturated heterocycles.